The van der Waals surface area contributed by atoms with Crippen LogP contribution in [0.2, 0.25) is 0 Å². The van der Waals surface area contributed by atoms with E-state index in [0.29, 0.717) is 16.5 Å². The monoisotopic (exact) mass is 390 g/mol. The van der Waals surface area contributed by atoms with E-state index >= 15 is 0 Å². The summed E-state index contributed by atoms with van der Waals surface area (Å²) < 4.78 is 51.5. The number of hydrogen-bond donors (Lipinski definition) is 0. The summed E-state index contributed by atoms with van der Waals surface area (Å²) in [5, 5.41) is 0.490. The third kappa shape index (κ3) is 4.11. The van der Waals surface area contributed by atoms with Crippen LogP contribution >= 0.6 is 7.60 Å². The maximum Gasteiger partial charge on any atom is 0.358 e. The summed E-state index contributed by atoms with van der Waals surface area (Å²) in [6.45, 7) is 3.93. The van der Waals surface area contributed by atoms with Crippen molar-refractivity contribution in [1.82, 2.24) is 0 Å². The van der Waals surface area contributed by atoms with Crippen LogP contribution in [0.3, 0.4) is 0 Å². The van der Waals surface area contributed by atoms with Gasteiger partial charge in [-0.25, -0.2) is 8.78 Å². The Morgan fingerprint density at radius 1 is 0.889 bits per heavy atom. The molecule has 1 unspecified atom stereocenters. The maximum atomic E-state index is 13.6. The van der Waals surface area contributed by atoms with E-state index in [4.69, 9.17) is 9.05 Å². The van der Waals surface area contributed by atoms with Crippen molar-refractivity contribution in [3.05, 3.63) is 88.8 Å². The van der Waals surface area contributed by atoms with E-state index in [1.807, 2.05) is 12.2 Å². The number of benzene rings is 2. The number of hydrogen-bond acceptors (Lipinski definition) is 3. The Hall–Kier alpha value is -2.07. The van der Waals surface area contributed by atoms with Crippen molar-refractivity contribution in [2.24, 2.45) is 0 Å². The Kier molecular flexibility index (Phi) is 6.05. The first-order chi connectivity index (χ1) is 13.0. The van der Waals surface area contributed by atoms with Crippen LogP contribution in [0.1, 0.15) is 30.9 Å². The largest absolute Gasteiger partial charge is 0.358 e. The highest BCUT2D eigenvalue weighted by Gasteiger charge is 2.39. The molecule has 0 radical (unpaired) electrons. The molecule has 0 saturated heterocycles. The van der Waals surface area contributed by atoms with Crippen LogP contribution in [-0.2, 0) is 13.6 Å². The van der Waals surface area contributed by atoms with Crippen LogP contribution in [0.4, 0.5) is 8.78 Å². The molecule has 0 heterocycles. The molecule has 1 atom stereocenters. The summed E-state index contributed by atoms with van der Waals surface area (Å²) in [7, 11) is -3.60. The van der Waals surface area contributed by atoms with Gasteiger partial charge >= 0.3 is 7.60 Å². The Balaban J connectivity index is 2.17. The minimum absolute atomic E-state index is 0.216. The predicted molar refractivity (Wildman–Crippen MR) is 102 cm³/mol. The van der Waals surface area contributed by atoms with E-state index in [2.05, 4.69) is 0 Å². The minimum atomic E-state index is -3.60. The fourth-order valence-corrected chi connectivity index (χ4v) is 5.29. The molecule has 27 heavy (non-hydrogen) atoms. The zero-order valence-electron chi connectivity index (χ0n) is 15.2. The first-order valence-corrected chi connectivity index (χ1v) is 10.4. The standard InChI is InChI=1S/C21H21F2O3P/c1-3-25-27(24,26-4-2)21-19(15-5-9-17(22)10-6-15)13-14-20(21)16-7-11-18(23)12-8-16/h5-14,19H,3-4H2,1-2H3. The van der Waals surface area contributed by atoms with Crippen LogP contribution in [0, 0.1) is 11.6 Å². The summed E-state index contributed by atoms with van der Waals surface area (Å²) in [4.78, 5) is 0. The third-order valence-electron chi connectivity index (χ3n) is 4.30. The third-order valence-corrected chi connectivity index (χ3v) is 6.61. The van der Waals surface area contributed by atoms with Gasteiger partial charge < -0.3 is 9.05 Å². The molecular formula is C21H21F2O3P. The lowest BCUT2D eigenvalue weighted by Crippen LogP contribution is -2.06. The molecule has 1 aliphatic rings. The van der Waals surface area contributed by atoms with E-state index in [1.54, 1.807) is 38.1 Å². The minimum Gasteiger partial charge on any atom is -0.306 e. The molecule has 0 aromatic heterocycles. The zero-order chi connectivity index (χ0) is 19.4. The van der Waals surface area contributed by atoms with Crippen molar-refractivity contribution in [2.75, 3.05) is 13.2 Å². The van der Waals surface area contributed by atoms with E-state index in [0.717, 1.165) is 5.56 Å². The first kappa shape index (κ1) is 19.7. The van der Waals surface area contributed by atoms with Gasteiger partial charge in [-0.05, 0) is 54.8 Å². The van der Waals surface area contributed by atoms with Gasteiger partial charge in [-0.15, -0.1) is 0 Å². The molecule has 142 valence electrons. The molecule has 0 bridgehead atoms. The molecular weight excluding hydrogens is 369 g/mol. The lowest BCUT2D eigenvalue weighted by Gasteiger charge is -2.25. The molecule has 2 aromatic carbocycles. The number of halogens is 2. The van der Waals surface area contributed by atoms with Gasteiger partial charge in [-0.3, -0.25) is 4.57 Å². The first-order valence-electron chi connectivity index (χ1n) is 8.82. The lowest BCUT2D eigenvalue weighted by molar-refractivity contribution is 0.225. The average molecular weight is 390 g/mol. The van der Waals surface area contributed by atoms with Crippen LogP contribution in [0.25, 0.3) is 5.57 Å². The van der Waals surface area contributed by atoms with Crippen LogP contribution < -0.4 is 0 Å². The highest BCUT2D eigenvalue weighted by Crippen LogP contribution is 2.65. The number of rotatable bonds is 7. The van der Waals surface area contributed by atoms with Gasteiger partial charge in [0.05, 0.1) is 18.5 Å². The van der Waals surface area contributed by atoms with Crippen molar-refractivity contribution in [2.45, 2.75) is 19.8 Å². The van der Waals surface area contributed by atoms with E-state index in [-0.39, 0.29) is 30.8 Å². The van der Waals surface area contributed by atoms with Gasteiger partial charge in [0.25, 0.3) is 0 Å². The average Bonchev–Trinajstić information content (AvgIpc) is 3.09. The van der Waals surface area contributed by atoms with Crippen molar-refractivity contribution in [3.63, 3.8) is 0 Å². The maximum absolute atomic E-state index is 13.6. The Labute approximate surface area is 157 Å². The lowest BCUT2D eigenvalue weighted by atomic mass is 9.99. The molecule has 0 spiro atoms. The molecule has 3 rings (SSSR count). The summed E-state index contributed by atoms with van der Waals surface area (Å²) in [5.41, 5.74) is 2.17. The molecule has 1 aliphatic carbocycles. The SMILES string of the molecule is CCOP(=O)(OCC)C1=C(c2ccc(F)cc2)C=CC1c1ccc(F)cc1. The molecule has 3 nitrogen and oxygen atoms in total. The molecule has 0 aliphatic heterocycles. The van der Waals surface area contributed by atoms with Gasteiger partial charge in [-0.2, -0.15) is 0 Å². The highest BCUT2D eigenvalue weighted by molar-refractivity contribution is 7.59. The Morgan fingerprint density at radius 2 is 1.41 bits per heavy atom. The summed E-state index contributed by atoms with van der Waals surface area (Å²) in [6, 6.07) is 12.0. The number of allylic oxidation sites excluding steroid dienone is 4. The van der Waals surface area contributed by atoms with E-state index < -0.39 is 7.60 Å². The fraction of sp³-hybridized carbons (Fsp3) is 0.238. The van der Waals surface area contributed by atoms with Crippen LogP contribution in [0.15, 0.2) is 66.0 Å². The van der Waals surface area contributed by atoms with Crippen molar-refractivity contribution >= 4 is 13.2 Å². The van der Waals surface area contributed by atoms with Gasteiger partial charge in [0, 0.05) is 5.92 Å². The topological polar surface area (TPSA) is 35.5 Å². The normalized spacial score (nSPS) is 17.0. The van der Waals surface area contributed by atoms with Crippen molar-refractivity contribution < 1.29 is 22.4 Å². The fourth-order valence-electron chi connectivity index (χ4n) is 3.18. The van der Waals surface area contributed by atoms with Gasteiger partial charge in [0.1, 0.15) is 11.6 Å². The molecule has 0 saturated carbocycles. The molecule has 6 heteroatoms. The van der Waals surface area contributed by atoms with Crippen LogP contribution in [0.5, 0.6) is 0 Å². The molecule has 0 fully saturated rings. The zero-order valence-corrected chi connectivity index (χ0v) is 16.1. The van der Waals surface area contributed by atoms with Crippen molar-refractivity contribution in [3.8, 4) is 0 Å². The summed E-state index contributed by atoms with van der Waals surface area (Å²) >= 11 is 0. The van der Waals surface area contributed by atoms with Gasteiger partial charge in [-0.1, -0.05) is 36.4 Å². The Morgan fingerprint density at radius 3 is 1.93 bits per heavy atom. The van der Waals surface area contributed by atoms with Crippen molar-refractivity contribution in [1.29, 1.82) is 0 Å². The summed E-state index contributed by atoms with van der Waals surface area (Å²) in [6.07, 6.45) is 3.72. The van der Waals surface area contributed by atoms with Gasteiger partial charge in [0.15, 0.2) is 0 Å². The second kappa shape index (κ2) is 8.30. The van der Waals surface area contributed by atoms with Gasteiger partial charge in [0.2, 0.25) is 0 Å². The predicted octanol–water partition coefficient (Wildman–Crippen LogP) is 6.30. The van der Waals surface area contributed by atoms with E-state index in [9.17, 15) is 13.3 Å². The van der Waals surface area contributed by atoms with E-state index in [1.165, 1.54) is 24.3 Å². The Bertz CT molecular complexity index is 892. The quantitative estimate of drug-likeness (QED) is 0.521. The molecule has 0 amide bonds. The second-order valence-corrected chi connectivity index (χ2v) is 8.02. The highest BCUT2D eigenvalue weighted by atomic mass is 31.2. The smallest absolute Gasteiger partial charge is 0.306 e. The van der Waals surface area contributed by atoms with Crippen LogP contribution in [-0.4, -0.2) is 13.2 Å². The second-order valence-electron chi connectivity index (χ2n) is 6.03. The summed E-state index contributed by atoms with van der Waals surface area (Å²) in [5.74, 6) is -1.08. The molecule has 2 aromatic rings. The molecule has 0 N–H and O–H groups in total.